The summed E-state index contributed by atoms with van der Waals surface area (Å²) < 4.78 is 13.7. The number of carbonyl (C=O) groups excluding carboxylic acids is 2. The van der Waals surface area contributed by atoms with Gasteiger partial charge in [-0.25, -0.2) is 9.40 Å². The summed E-state index contributed by atoms with van der Waals surface area (Å²) in [5.41, 5.74) is 0.544. The van der Waals surface area contributed by atoms with Crippen molar-refractivity contribution in [3.05, 3.63) is 34.6 Å². The number of nitrogens with zero attached hydrogens (tertiary/aromatic N) is 3. The predicted octanol–water partition coefficient (Wildman–Crippen LogP) is 2.05. The molecule has 1 aromatic carbocycles. The van der Waals surface area contributed by atoms with E-state index in [0.717, 1.165) is 5.01 Å². The molecule has 1 heterocycles. The van der Waals surface area contributed by atoms with Crippen molar-refractivity contribution in [1.29, 1.82) is 0 Å². The van der Waals surface area contributed by atoms with E-state index in [9.17, 15) is 14.0 Å². The smallest absolute Gasteiger partial charge is 0.270 e. The Hall–Kier alpha value is -1.95. The average molecular weight is 312 g/mol. The summed E-state index contributed by atoms with van der Waals surface area (Å²) in [6, 6.07) is 4.38. The first-order valence-electron chi connectivity index (χ1n) is 6.42. The second kappa shape index (κ2) is 6.22. The molecule has 0 saturated carbocycles. The van der Waals surface area contributed by atoms with E-state index in [0.29, 0.717) is 0 Å². The number of carbonyl (C=O) groups is 2. The van der Waals surface area contributed by atoms with Crippen molar-refractivity contribution in [3.8, 4) is 0 Å². The van der Waals surface area contributed by atoms with Crippen LogP contribution >= 0.6 is 11.6 Å². The quantitative estimate of drug-likeness (QED) is 0.858. The van der Waals surface area contributed by atoms with E-state index in [2.05, 4.69) is 5.10 Å². The molecule has 0 atom stereocenters. The van der Waals surface area contributed by atoms with Gasteiger partial charge in [0.1, 0.15) is 11.5 Å². The van der Waals surface area contributed by atoms with Crippen LogP contribution in [0.5, 0.6) is 0 Å². The molecule has 0 aliphatic carbocycles. The van der Waals surface area contributed by atoms with E-state index < -0.39 is 5.82 Å². The van der Waals surface area contributed by atoms with Crippen molar-refractivity contribution in [2.45, 2.75) is 19.4 Å². The summed E-state index contributed by atoms with van der Waals surface area (Å²) in [4.78, 5) is 24.9. The lowest BCUT2D eigenvalue weighted by Crippen LogP contribution is -2.38. The third kappa shape index (κ3) is 3.39. The van der Waals surface area contributed by atoms with Gasteiger partial charge in [-0.1, -0.05) is 17.7 Å². The van der Waals surface area contributed by atoms with E-state index in [1.807, 2.05) is 0 Å². The SMILES string of the molecule is CN(Cc1c(F)cccc1Cl)C(=O)C1=NN(C)C(=O)CC1. The van der Waals surface area contributed by atoms with Crippen molar-refractivity contribution in [3.63, 3.8) is 0 Å². The summed E-state index contributed by atoms with van der Waals surface area (Å²) >= 11 is 5.95. The predicted molar refractivity (Wildman–Crippen MR) is 77.3 cm³/mol. The highest BCUT2D eigenvalue weighted by Crippen LogP contribution is 2.21. The molecule has 0 fully saturated rings. The van der Waals surface area contributed by atoms with Gasteiger partial charge in [-0.05, 0) is 12.1 Å². The Morgan fingerprint density at radius 1 is 1.48 bits per heavy atom. The van der Waals surface area contributed by atoms with Gasteiger partial charge < -0.3 is 4.90 Å². The van der Waals surface area contributed by atoms with Crippen molar-refractivity contribution in [2.24, 2.45) is 5.10 Å². The lowest BCUT2D eigenvalue weighted by Gasteiger charge is -2.23. The molecule has 0 N–H and O–H groups in total. The minimum Gasteiger partial charge on any atom is -0.336 e. The summed E-state index contributed by atoms with van der Waals surface area (Å²) in [6.07, 6.45) is 0.534. The fourth-order valence-corrected chi connectivity index (χ4v) is 2.26. The molecule has 0 bridgehead atoms. The average Bonchev–Trinajstić information content (AvgIpc) is 2.45. The molecule has 0 aromatic heterocycles. The summed E-state index contributed by atoms with van der Waals surface area (Å²) in [7, 11) is 3.05. The van der Waals surface area contributed by atoms with Crippen LogP contribution in [0.25, 0.3) is 0 Å². The maximum atomic E-state index is 13.7. The zero-order valence-electron chi connectivity index (χ0n) is 11.8. The van der Waals surface area contributed by atoms with Gasteiger partial charge in [-0.2, -0.15) is 5.10 Å². The molecule has 2 rings (SSSR count). The Morgan fingerprint density at radius 3 is 2.81 bits per heavy atom. The number of hydrogen-bond donors (Lipinski definition) is 0. The zero-order chi connectivity index (χ0) is 15.6. The van der Waals surface area contributed by atoms with Crippen molar-refractivity contribution < 1.29 is 14.0 Å². The number of hydrazone groups is 1. The minimum absolute atomic E-state index is 0.0427. The fraction of sp³-hybridized carbons (Fsp3) is 0.357. The van der Waals surface area contributed by atoms with Gasteiger partial charge in [0.15, 0.2) is 0 Å². The summed E-state index contributed by atoms with van der Waals surface area (Å²) in [5, 5.41) is 5.38. The maximum absolute atomic E-state index is 13.7. The van der Waals surface area contributed by atoms with Crippen molar-refractivity contribution in [1.82, 2.24) is 9.91 Å². The number of benzene rings is 1. The number of rotatable bonds is 3. The molecule has 0 spiro atoms. The van der Waals surface area contributed by atoms with Crippen LogP contribution in [0.2, 0.25) is 5.02 Å². The van der Waals surface area contributed by atoms with Crippen LogP contribution in [-0.2, 0) is 16.1 Å². The van der Waals surface area contributed by atoms with Crippen molar-refractivity contribution >= 4 is 29.1 Å². The third-order valence-corrected chi connectivity index (χ3v) is 3.61. The molecule has 2 amide bonds. The molecule has 21 heavy (non-hydrogen) atoms. The summed E-state index contributed by atoms with van der Waals surface area (Å²) in [5.74, 6) is -0.931. The maximum Gasteiger partial charge on any atom is 0.270 e. The number of amides is 2. The van der Waals surface area contributed by atoms with Crippen LogP contribution in [-0.4, -0.2) is 41.5 Å². The Labute approximate surface area is 127 Å². The van der Waals surface area contributed by atoms with E-state index in [1.54, 1.807) is 13.1 Å². The Bertz CT molecular complexity index is 598. The van der Waals surface area contributed by atoms with Crippen LogP contribution in [0, 0.1) is 5.82 Å². The molecule has 112 valence electrons. The molecule has 0 radical (unpaired) electrons. The summed E-state index contributed by atoms with van der Waals surface area (Å²) in [6.45, 7) is 0.0427. The van der Waals surface area contributed by atoms with Crippen LogP contribution in [0.4, 0.5) is 4.39 Å². The van der Waals surface area contributed by atoms with Crippen LogP contribution in [0.15, 0.2) is 23.3 Å². The van der Waals surface area contributed by atoms with Gasteiger partial charge in [-0.3, -0.25) is 9.59 Å². The molecule has 0 saturated heterocycles. The van der Waals surface area contributed by atoms with Crippen LogP contribution < -0.4 is 0 Å². The Kier molecular flexibility index (Phi) is 4.57. The van der Waals surface area contributed by atoms with Gasteiger partial charge in [-0.15, -0.1) is 0 Å². The highest BCUT2D eigenvalue weighted by molar-refractivity contribution is 6.39. The minimum atomic E-state index is -0.458. The first-order chi connectivity index (χ1) is 9.90. The molecule has 0 unspecified atom stereocenters. The Balaban J connectivity index is 2.14. The first-order valence-corrected chi connectivity index (χ1v) is 6.80. The van der Waals surface area contributed by atoms with Gasteiger partial charge in [0.25, 0.3) is 5.91 Å². The topological polar surface area (TPSA) is 53.0 Å². The molecule has 1 aliphatic heterocycles. The molecule has 1 aromatic rings. The van der Waals surface area contributed by atoms with E-state index in [1.165, 1.54) is 24.1 Å². The van der Waals surface area contributed by atoms with Gasteiger partial charge in [0.2, 0.25) is 5.91 Å². The van der Waals surface area contributed by atoms with Gasteiger partial charge in [0.05, 0.1) is 6.54 Å². The van der Waals surface area contributed by atoms with Crippen molar-refractivity contribution in [2.75, 3.05) is 14.1 Å². The largest absolute Gasteiger partial charge is 0.336 e. The van der Waals surface area contributed by atoms with Gasteiger partial charge in [0, 0.05) is 37.5 Å². The lowest BCUT2D eigenvalue weighted by molar-refractivity contribution is -0.130. The highest BCUT2D eigenvalue weighted by atomic mass is 35.5. The fourth-order valence-electron chi connectivity index (χ4n) is 2.04. The second-order valence-corrected chi connectivity index (χ2v) is 5.23. The Morgan fingerprint density at radius 2 is 2.19 bits per heavy atom. The normalized spacial score (nSPS) is 15.0. The highest BCUT2D eigenvalue weighted by Gasteiger charge is 2.25. The van der Waals surface area contributed by atoms with Crippen LogP contribution in [0.3, 0.4) is 0 Å². The van der Waals surface area contributed by atoms with Crippen LogP contribution in [0.1, 0.15) is 18.4 Å². The molecule has 7 heteroatoms. The second-order valence-electron chi connectivity index (χ2n) is 4.83. The van der Waals surface area contributed by atoms with E-state index in [-0.39, 0.29) is 47.5 Å². The zero-order valence-corrected chi connectivity index (χ0v) is 12.5. The van der Waals surface area contributed by atoms with Gasteiger partial charge >= 0.3 is 0 Å². The molecular formula is C14H15ClFN3O2. The lowest BCUT2D eigenvalue weighted by atomic mass is 10.1. The standard InChI is InChI=1S/C14H15ClFN3O2/c1-18(8-9-10(15)4-3-5-11(9)16)14(21)12-6-7-13(20)19(2)17-12/h3-5H,6-8H2,1-2H3. The first kappa shape index (κ1) is 15.4. The number of halogens is 2. The van der Waals surface area contributed by atoms with E-state index in [4.69, 9.17) is 11.6 Å². The molecule has 5 nitrogen and oxygen atoms in total. The monoisotopic (exact) mass is 311 g/mol. The number of hydrogen-bond acceptors (Lipinski definition) is 3. The van der Waals surface area contributed by atoms with E-state index >= 15 is 0 Å². The third-order valence-electron chi connectivity index (χ3n) is 3.26. The molecular weight excluding hydrogens is 297 g/mol. The molecule has 1 aliphatic rings.